The number of nitrogens with one attached hydrogen (secondary N) is 1. The van der Waals surface area contributed by atoms with E-state index in [4.69, 9.17) is 4.74 Å². The van der Waals surface area contributed by atoms with Crippen molar-refractivity contribution in [3.8, 4) is 0 Å². The molecule has 194 valence electrons. The normalized spacial score (nSPS) is 14.0. The van der Waals surface area contributed by atoms with Crippen LogP contribution in [-0.2, 0) is 17.7 Å². The molecule has 4 aromatic rings. The number of amides is 1. The Labute approximate surface area is 218 Å². The molecule has 1 fully saturated rings. The summed E-state index contributed by atoms with van der Waals surface area (Å²) in [6, 6.07) is 19.0. The number of carbonyl (C=O) groups is 2. The zero-order valence-corrected chi connectivity index (χ0v) is 20.9. The van der Waals surface area contributed by atoms with Gasteiger partial charge in [-0.15, -0.1) is 0 Å². The second-order valence-electron chi connectivity index (χ2n) is 9.29. The van der Waals surface area contributed by atoms with Crippen LogP contribution in [0.3, 0.4) is 0 Å². The molecule has 0 unspecified atom stereocenters. The van der Waals surface area contributed by atoms with E-state index in [1.807, 2.05) is 24.3 Å². The minimum absolute atomic E-state index is 0.0306. The number of esters is 1. The third kappa shape index (κ3) is 5.33. The summed E-state index contributed by atoms with van der Waals surface area (Å²) in [7, 11) is 1.35. The fourth-order valence-corrected chi connectivity index (χ4v) is 4.75. The topological polar surface area (TPSA) is 95.6 Å². The van der Waals surface area contributed by atoms with Crippen molar-refractivity contribution in [2.75, 3.05) is 33.3 Å². The Morgan fingerprint density at radius 3 is 2.34 bits per heavy atom. The molecule has 0 radical (unpaired) electrons. The van der Waals surface area contributed by atoms with E-state index in [9.17, 15) is 18.8 Å². The van der Waals surface area contributed by atoms with E-state index in [0.717, 1.165) is 16.5 Å². The van der Waals surface area contributed by atoms with Gasteiger partial charge in [0.25, 0.3) is 11.5 Å². The maximum absolute atomic E-state index is 14.7. The van der Waals surface area contributed by atoms with Crippen LogP contribution in [0.2, 0.25) is 0 Å². The molecule has 0 atom stereocenters. The molecule has 1 aliphatic rings. The van der Waals surface area contributed by atoms with Crippen molar-refractivity contribution in [2.24, 2.45) is 0 Å². The molecule has 1 aromatic heterocycles. The summed E-state index contributed by atoms with van der Waals surface area (Å²) in [6.07, 6.45) is 0.348. The molecular weight excluding hydrogens is 487 g/mol. The smallest absolute Gasteiger partial charge is 0.337 e. The number of rotatable bonds is 6. The van der Waals surface area contributed by atoms with Gasteiger partial charge in [-0.3, -0.25) is 14.5 Å². The maximum Gasteiger partial charge on any atom is 0.337 e. The highest BCUT2D eigenvalue weighted by atomic mass is 19.1. The number of ether oxygens (including phenoxy) is 1. The first kappa shape index (κ1) is 25.3. The van der Waals surface area contributed by atoms with E-state index >= 15 is 0 Å². The van der Waals surface area contributed by atoms with Crippen LogP contribution in [0.1, 0.15) is 37.5 Å². The number of piperazine rings is 1. The first-order valence-corrected chi connectivity index (χ1v) is 12.4. The van der Waals surface area contributed by atoms with Gasteiger partial charge in [-0.05, 0) is 41.5 Å². The van der Waals surface area contributed by atoms with Gasteiger partial charge in [-0.1, -0.05) is 36.4 Å². The molecule has 8 nitrogen and oxygen atoms in total. The SMILES string of the molecule is COC(=O)c1ccc(CN2CCN(C(=O)c3cc(Cc4n[nH]c(=O)c5ccccc45)ccc3F)CC2)cc1. The van der Waals surface area contributed by atoms with Crippen LogP contribution in [0, 0.1) is 5.82 Å². The first-order valence-electron chi connectivity index (χ1n) is 12.4. The van der Waals surface area contributed by atoms with E-state index in [1.165, 1.54) is 13.2 Å². The molecule has 0 aliphatic carbocycles. The number of H-pyrrole nitrogens is 1. The number of nitrogens with zero attached hydrogens (tertiary/aromatic N) is 3. The Morgan fingerprint density at radius 2 is 1.63 bits per heavy atom. The molecule has 1 N–H and O–H groups in total. The molecule has 0 spiro atoms. The zero-order chi connectivity index (χ0) is 26.6. The van der Waals surface area contributed by atoms with Crippen LogP contribution in [-0.4, -0.2) is 65.2 Å². The van der Waals surface area contributed by atoms with Gasteiger partial charge >= 0.3 is 5.97 Å². The highest BCUT2D eigenvalue weighted by Gasteiger charge is 2.25. The van der Waals surface area contributed by atoms with Gasteiger partial charge < -0.3 is 9.64 Å². The van der Waals surface area contributed by atoms with Crippen LogP contribution in [0.5, 0.6) is 0 Å². The average Bonchev–Trinajstić information content (AvgIpc) is 2.95. The van der Waals surface area contributed by atoms with E-state index in [2.05, 4.69) is 15.1 Å². The van der Waals surface area contributed by atoms with Crippen molar-refractivity contribution in [3.63, 3.8) is 0 Å². The number of hydrogen-bond donors (Lipinski definition) is 1. The Hall–Kier alpha value is -4.37. The number of methoxy groups -OCH3 is 1. The number of hydrogen-bond acceptors (Lipinski definition) is 6. The number of fused-ring (bicyclic) bond motifs is 1. The monoisotopic (exact) mass is 514 g/mol. The van der Waals surface area contributed by atoms with Crippen molar-refractivity contribution in [1.82, 2.24) is 20.0 Å². The molecule has 5 rings (SSSR count). The molecule has 3 aromatic carbocycles. The Balaban J connectivity index is 1.24. The summed E-state index contributed by atoms with van der Waals surface area (Å²) >= 11 is 0. The first-order chi connectivity index (χ1) is 18.4. The highest BCUT2D eigenvalue weighted by molar-refractivity contribution is 5.95. The lowest BCUT2D eigenvalue weighted by molar-refractivity contribution is 0.0599. The van der Waals surface area contributed by atoms with Crippen molar-refractivity contribution in [3.05, 3.63) is 111 Å². The van der Waals surface area contributed by atoms with Crippen molar-refractivity contribution >= 4 is 22.6 Å². The fraction of sp³-hybridized carbons (Fsp3) is 0.241. The molecule has 38 heavy (non-hydrogen) atoms. The second-order valence-corrected chi connectivity index (χ2v) is 9.29. The Morgan fingerprint density at radius 1 is 0.947 bits per heavy atom. The predicted molar refractivity (Wildman–Crippen MR) is 141 cm³/mol. The minimum Gasteiger partial charge on any atom is -0.465 e. The summed E-state index contributed by atoms with van der Waals surface area (Å²) in [6.45, 7) is 2.95. The highest BCUT2D eigenvalue weighted by Crippen LogP contribution is 2.20. The van der Waals surface area contributed by atoms with Crippen LogP contribution < -0.4 is 5.56 Å². The number of benzene rings is 3. The van der Waals surface area contributed by atoms with E-state index in [0.29, 0.717) is 55.8 Å². The van der Waals surface area contributed by atoms with Gasteiger partial charge in [0.05, 0.1) is 29.3 Å². The van der Waals surface area contributed by atoms with E-state index in [-0.39, 0.29) is 23.0 Å². The molecular formula is C29H27FN4O4. The lowest BCUT2D eigenvalue weighted by atomic mass is 10.0. The largest absolute Gasteiger partial charge is 0.465 e. The number of carbonyl (C=O) groups excluding carboxylic acids is 2. The number of aromatic nitrogens is 2. The molecule has 9 heteroatoms. The summed E-state index contributed by atoms with van der Waals surface area (Å²) in [4.78, 5) is 40.8. The van der Waals surface area contributed by atoms with Crippen molar-refractivity contribution < 1.29 is 18.7 Å². The standard InChI is InChI=1S/C29H27FN4O4/c1-38-29(37)21-9-6-19(7-10-21)18-33-12-14-34(15-13-33)28(36)24-16-20(8-11-25(24)30)17-26-22-4-2-3-5-23(22)27(35)32-31-26/h2-11,16H,12-15,17-18H2,1H3,(H,32,35). The predicted octanol–water partition coefficient (Wildman–Crippen LogP) is 3.40. The second kappa shape index (κ2) is 10.9. The summed E-state index contributed by atoms with van der Waals surface area (Å²) in [5.41, 5.74) is 2.70. The quantitative estimate of drug-likeness (QED) is 0.397. The van der Waals surface area contributed by atoms with Crippen LogP contribution in [0.25, 0.3) is 10.8 Å². The van der Waals surface area contributed by atoms with Gasteiger partial charge in [0.1, 0.15) is 5.82 Å². The Bertz CT molecular complexity index is 1540. The van der Waals surface area contributed by atoms with Gasteiger partial charge in [-0.25, -0.2) is 14.3 Å². The van der Waals surface area contributed by atoms with Crippen molar-refractivity contribution in [2.45, 2.75) is 13.0 Å². The minimum atomic E-state index is -0.564. The molecule has 1 amide bonds. The van der Waals surface area contributed by atoms with Gasteiger partial charge in [0.2, 0.25) is 0 Å². The maximum atomic E-state index is 14.7. The summed E-state index contributed by atoms with van der Waals surface area (Å²) in [5, 5.41) is 7.97. The fourth-order valence-electron chi connectivity index (χ4n) is 4.75. The molecule has 1 aliphatic heterocycles. The van der Waals surface area contributed by atoms with E-state index < -0.39 is 5.82 Å². The number of halogens is 1. The Kier molecular flexibility index (Phi) is 7.28. The summed E-state index contributed by atoms with van der Waals surface area (Å²) in [5.74, 6) is -1.28. The third-order valence-electron chi connectivity index (χ3n) is 6.85. The van der Waals surface area contributed by atoms with Crippen LogP contribution in [0.4, 0.5) is 4.39 Å². The molecule has 0 saturated carbocycles. The number of aromatic amines is 1. The van der Waals surface area contributed by atoms with Gasteiger partial charge in [0.15, 0.2) is 0 Å². The lowest BCUT2D eigenvalue weighted by Crippen LogP contribution is -2.48. The summed E-state index contributed by atoms with van der Waals surface area (Å²) < 4.78 is 19.5. The molecule has 2 heterocycles. The average molecular weight is 515 g/mol. The van der Waals surface area contributed by atoms with Gasteiger partial charge in [0, 0.05) is 44.5 Å². The van der Waals surface area contributed by atoms with E-state index in [1.54, 1.807) is 41.3 Å². The van der Waals surface area contributed by atoms with Crippen LogP contribution in [0.15, 0.2) is 71.5 Å². The molecule has 1 saturated heterocycles. The van der Waals surface area contributed by atoms with Crippen LogP contribution >= 0.6 is 0 Å². The van der Waals surface area contributed by atoms with Crippen molar-refractivity contribution in [1.29, 1.82) is 0 Å². The molecule has 0 bridgehead atoms. The third-order valence-corrected chi connectivity index (χ3v) is 6.85. The van der Waals surface area contributed by atoms with Gasteiger partial charge in [-0.2, -0.15) is 5.10 Å². The lowest BCUT2D eigenvalue weighted by Gasteiger charge is -2.35. The zero-order valence-electron chi connectivity index (χ0n) is 20.9.